The van der Waals surface area contributed by atoms with E-state index in [0.29, 0.717) is 13.0 Å². The fourth-order valence-electron chi connectivity index (χ4n) is 1.22. The Morgan fingerprint density at radius 2 is 1.71 bits per heavy atom. The van der Waals surface area contributed by atoms with Crippen LogP contribution in [-0.2, 0) is 14.3 Å². The standard InChI is InChI=1S/C11H19F3O3/c1-16-10(15)6-4-2-3-5-8-17-9-7-11(12,13)14/h2-9H2,1H3. The third kappa shape index (κ3) is 13.2. The lowest BCUT2D eigenvalue weighted by Crippen LogP contribution is -2.11. The molecule has 0 saturated heterocycles. The fourth-order valence-corrected chi connectivity index (χ4v) is 1.22. The van der Waals surface area contributed by atoms with E-state index in [1.807, 2.05) is 0 Å². The van der Waals surface area contributed by atoms with Crippen LogP contribution in [0.4, 0.5) is 13.2 Å². The molecule has 0 aromatic rings. The van der Waals surface area contributed by atoms with E-state index in [4.69, 9.17) is 4.74 Å². The van der Waals surface area contributed by atoms with Crippen molar-refractivity contribution in [3.8, 4) is 0 Å². The van der Waals surface area contributed by atoms with Crippen LogP contribution >= 0.6 is 0 Å². The molecule has 0 aliphatic carbocycles. The van der Waals surface area contributed by atoms with E-state index in [1.165, 1.54) is 7.11 Å². The largest absolute Gasteiger partial charge is 0.469 e. The first-order valence-corrected chi connectivity index (χ1v) is 5.67. The first-order valence-electron chi connectivity index (χ1n) is 5.67. The maximum absolute atomic E-state index is 11.7. The van der Waals surface area contributed by atoms with Crippen LogP contribution in [0.5, 0.6) is 0 Å². The van der Waals surface area contributed by atoms with Gasteiger partial charge in [0.1, 0.15) is 0 Å². The molecule has 0 radical (unpaired) electrons. The lowest BCUT2D eigenvalue weighted by atomic mass is 10.1. The number of hydrogen-bond donors (Lipinski definition) is 0. The van der Waals surface area contributed by atoms with E-state index < -0.39 is 12.6 Å². The molecule has 0 aliphatic rings. The minimum Gasteiger partial charge on any atom is -0.469 e. The molecule has 6 heteroatoms. The van der Waals surface area contributed by atoms with E-state index in [1.54, 1.807) is 0 Å². The highest BCUT2D eigenvalue weighted by Gasteiger charge is 2.26. The Kier molecular flexibility index (Phi) is 8.85. The molecular formula is C11H19F3O3. The van der Waals surface area contributed by atoms with Crippen molar-refractivity contribution in [2.45, 2.75) is 44.7 Å². The molecule has 0 aromatic heterocycles. The Balaban J connectivity index is 3.12. The Bertz CT molecular complexity index is 205. The van der Waals surface area contributed by atoms with Crippen molar-refractivity contribution < 1.29 is 27.4 Å². The Morgan fingerprint density at radius 1 is 1.06 bits per heavy atom. The van der Waals surface area contributed by atoms with E-state index in [2.05, 4.69) is 4.74 Å². The molecule has 0 aromatic carbocycles. The van der Waals surface area contributed by atoms with Crippen LogP contribution in [0.3, 0.4) is 0 Å². The maximum atomic E-state index is 11.7. The second-order valence-electron chi connectivity index (χ2n) is 3.72. The van der Waals surface area contributed by atoms with Gasteiger partial charge in [-0.25, -0.2) is 0 Å². The SMILES string of the molecule is COC(=O)CCCCCCOCCC(F)(F)F. The quantitative estimate of drug-likeness (QED) is 0.470. The number of hydrogen-bond acceptors (Lipinski definition) is 3. The van der Waals surface area contributed by atoms with Gasteiger partial charge in [0, 0.05) is 13.0 Å². The van der Waals surface area contributed by atoms with Gasteiger partial charge in [-0.2, -0.15) is 13.2 Å². The van der Waals surface area contributed by atoms with Crippen molar-refractivity contribution in [3.05, 3.63) is 0 Å². The van der Waals surface area contributed by atoms with E-state index in [0.717, 1.165) is 25.7 Å². The summed E-state index contributed by atoms with van der Waals surface area (Å²) in [6.45, 7) is 0.0694. The van der Waals surface area contributed by atoms with Crippen LogP contribution in [0.25, 0.3) is 0 Å². The van der Waals surface area contributed by atoms with Gasteiger partial charge in [-0.15, -0.1) is 0 Å². The topological polar surface area (TPSA) is 35.5 Å². The fraction of sp³-hybridized carbons (Fsp3) is 0.909. The minimum absolute atomic E-state index is 0.230. The van der Waals surface area contributed by atoms with Crippen LogP contribution in [0.1, 0.15) is 38.5 Å². The molecule has 0 heterocycles. The van der Waals surface area contributed by atoms with Crippen molar-refractivity contribution in [2.24, 2.45) is 0 Å². The molecule has 0 unspecified atom stereocenters. The third-order valence-electron chi connectivity index (χ3n) is 2.18. The Morgan fingerprint density at radius 3 is 2.29 bits per heavy atom. The number of halogens is 3. The van der Waals surface area contributed by atoms with Crippen LogP contribution in [-0.4, -0.2) is 32.5 Å². The van der Waals surface area contributed by atoms with Gasteiger partial charge in [0.2, 0.25) is 0 Å². The molecular weight excluding hydrogens is 237 g/mol. The summed E-state index contributed by atoms with van der Waals surface area (Å²) in [5, 5.41) is 0. The molecule has 0 amide bonds. The monoisotopic (exact) mass is 256 g/mol. The molecule has 0 fully saturated rings. The molecule has 0 N–H and O–H groups in total. The van der Waals surface area contributed by atoms with Gasteiger partial charge in [-0.05, 0) is 12.8 Å². The summed E-state index contributed by atoms with van der Waals surface area (Å²) in [6.07, 6.45) is -1.46. The van der Waals surface area contributed by atoms with Crippen LogP contribution in [0.2, 0.25) is 0 Å². The first kappa shape index (κ1) is 16.2. The van der Waals surface area contributed by atoms with Gasteiger partial charge in [-0.1, -0.05) is 12.8 Å². The van der Waals surface area contributed by atoms with Gasteiger partial charge < -0.3 is 9.47 Å². The zero-order valence-electron chi connectivity index (χ0n) is 10.0. The number of esters is 1. The molecule has 0 bridgehead atoms. The summed E-state index contributed by atoms with van der Waals surface area (Å²) in [4.78, 5) is 10.7. The van der Waals surface area contributed by atoms with Crippen molar-refractivity contribution >= 4 is 5.97 Å². The smallest absolute Gasteiger partial charge is 0.391 e. The Labute approximate surface area is 99.3 Å². The van der Waals surface area contributed by atoms with Gasteiger partial charge in [-0.3, -0.25) is 4.79 Å². The number of alkyl halides is 3. The molecule has 0 spiro atoms. The number of carbonyl (C=O) groups is 1. The zero-order chi connectivity index (χ0) is 13.1. The van der Waals surface area contributed by atoms with Gasteiger partial charge in [0.15, 0.2) is 0 Å². The summed E-state index contributed by atoms with van der Waals surface area (Å²) in [5.41, 5.74) is 0. The number of ether oxygens (including phenoxy) is 2. The lowest BCUT2D eigenvalue weighted by Gasteiger charge is -2.06. The summed E-state index contributed by atoms with van der Waals surface area (Å²) >= 11 is 0. The number of methoxy groups -OCH3 is 1. The molecule has 17 heavy (non-hydrogen) atoms. The second kappa shape index (κ2) is 9.27. The normalized spacial score (nSPS) is 11.5. The summed E-state index contributed by atoms with van der Waals surface area (Å²) in [5.74, 6) is -0.230. The van der Waals surface area contributed by atoms with Crippen molar-refractivity contribution in [1.29, 1.82) is 0 Å². The van der Waals surface area contributed by atoms with E-state index in [-0.39, 0.29) is 12.6 Å². The van der Waals surface area contributed by atoms with Gasteiger partial charge in [0.05, 0.1) is 20.1 Å². The van der Waals surface area contributed by atoms with Gasteiger partial charge in [0.25, 0.3) is 0 Å². The molecule has 0 aliphatic heterocycles. The number of carbonyl (C=O) groups excluding carboxylic acids is 1. The summed E-state index contributed by atoms with van der Waals surface area (Å²) < 4.78 is 44.5. The van der Waals surface area contributed by atoms with Crippen molar-refractivity contribution in [2.75, 3.05) is 20.3 Å². The highest BCUT2D eigenvalue weighted by atomic mass is 19.4. The van der Waals surface area contributed by atoms with Gasteiger partial charge >= 0.3 is 12.1 Å². The maximum Gasteiger partial charge on any atom is 0.391 e. The highest BCUT2D eigenvalue weighted by molar-refractivity contribution is 5.68. The van der Waals surface area contributed by atoms with Crippen LogP contribution in [0.15, 0.2) is 0 Å². The van der Waals surface area contributed by atoms with E-state index in [9.17, 15) is 18.0 Å². The predicted molar refractivity (Wildman–Crippen MR) is 56.6 cm³/mol. The summed E-state index contributed by atoms with van der Waals surface area (Å²) in [7, 11) is 1.34. The lowest BCUT2D eigenvalue weighted by molar-refractivity contribution is -0.145. The molecule has 0 rings (SSSR count). The predicted octanol–water partition coefficient (Wildman–Crippen LogP) is 3.08. The number of unbranched alkanes of at least 4 members (excludes halogenated alkanes) is 3. The minimum atomic E-state index is -4.14. The molecule has 3 nitrogen and oxygen atoms in total. The van der Waals surface area contributed by atoms with Crippen molar-refractivity contribution in [3.63, 3.8) is 0 Å². The van der Waals surface area contributed by atoms with Crippen LogP contribution in [0, 0.1) is 0 Å². The Hall–Kier alpha value is -0.780. The summed E-state index contributed by atoms with van der Waals surface area (Å²) in [6, 6.07) is 0. The van der Waals surface area contributed by atoms with Crippen molar-refractivity contribution in [1.82, 2.24) is 0 Å². The average molecular weight is 256 g/mol. The van der Waals surface area contributed by atoms with E-state index >= 15 is 0 Å². The third-order valence-corrected chi connectivity index (χ3v) is 2.18. The zero-order valence-corrected chi connectivity index (χ0v) is 10.0. The molecule has 0 saturated carbocycles. The highest BCUT2D eigenvalue weighted by Crippen LogP contribution is 2.19. The first-order chi connectivity index (χ1) is 7.95. The molecule has 102 valence electrons. The molecule has 0 atom stereocenters. The second-order valence-corrected chi connectivity index (χ2v) is 3.72. The van der Waals surface area contributed by atoms with Crippen LogP contribution < -0.4 is 0 Å². The number of rotatable bonds is 9. The average Bonchev–Trinajstić information content (AvgIpc) is 2.25.